The monoisotopic (exact) mass is 490 g/mol. The second-order valence-electron chi connectivity index (χ2n) is 9.48. The molecule has 2 aromatic carbocycles. The lowest BCUT2D eigenvalue weighted by Gasteiger charge is -2.36. The normalized spacial score (nSPS) is 17.4. The van der Waals surface area contributed by atoms with Crippen molar-refractivity contribution in [1.82, 2.24) is 19.9 Å². The van der Waals surface area contributed by atoms with Gasteiger partial charge >= 0.3 is 0 Å². The molecule has 36 heavy (non-hydrogen) atoms. The molecule has 3 aromatic rings. The van der Waals surface area contributed by atoms with E-state index in [4.69, 9.17) is 4.52 Å². The first kappa shape index (κ1) is 23.9. The first-order valence-corrected chi connectivity index (χ1v) is 12.4. The standard InChI is InChI=1S/C26H30N6O4/c1-18-5-7-20(8-6-18)24-27-25(36-28-24)19(2)29-13-15-31(16-14-29)26(33)21-9-10-22(23(17-21)32(34)35)30-11-3-4-12-30/h5-10,17,19H,3-4,11-16H2,1-2H3. The summed E-state index contributed by atoms with van der Waals surface area (Å²) in [4.78, 5) is 35.1. The first-order valence-electron chi connectivity index (χ1n) is 12.4. The van der Waals surface area contributed by atoms with Crippen LogP contribution >= 0.6 is 0 Å². The van der Waals surface area contributed by atoms with Gasteiger partial charge in [0.2, 0.25) is 11.7 Å². The van der Waals surface area contributed by atoms with E-state index in [1.165, 1.54) is 11.6 Å². The van der Waals surface area contributed by atoms with Gasteiger partial charge in [0.1, 0.15) is 5.69 Å². The highest BCUT2D eigenvalue weighted by atomic mass is 16.6. The Morgan fingerprint density at radius 2 is 1.72 bits per heavy atom. The van der Waals surface area contributed by atoms with Gasteiger partial charge in [-0.3, -0.25) is 19.8 Å². The van der Waals surface area contributed by atoms with Crippen LogP contribution in [0.25, 0.3) is 11.4 Å². The maximum absolute atomic E-state index is 13.2. The van der Waals surface area contributed by atoms with E-state index in [1.54, 1.807) is 17.0 Å². The molecule has 0 saturated carbocycles. The number of benzene rings is 2. The number of piperazine rings is 1. The van der Waals surface area contributed by atoms with Crippen LogP contribution in [0.2, 0.25) is 0 Å². The third-order valence-corrected chi connectivity index (χ3v) is 7.12. The van der Waals surface area contributed by atoms with Crippen LogP contribution in [0.3, 0.4) is 0 Å². The number of rotatable bonds is 6. The van der Waals surface area contributed by atoms with Crippen LogP contribution in [0.15, 0.2) is 47.0 Å². The largest absolute Gasteiger partial charge is 0.366 e. The zero-order valence-corrected chi connectivity index (χ0v) is 20.6. The molecule has 10 heteroatoms. The molecule has 2 aliphatic rings. The number of carbonyl (C=O) groups excluding carboxylic acids is 1. The Morgan fingerprint density at radius 3 is 2.39 bits per heavy atom. The number of aryl methyl sites for hydroxylation is 1. The zero-order chi connectivity index (χ0) is 25.2. The number of carbonyl (C=O) groups is 1. The summed E-state index contributed by atoms with van der Waals surface area (Å²) in [5.41, 5.74) is 3.02. The Morgan fingerprint density at radius 1 is 1.03 bits per heavy atom. The van der Waals surface area contributed by atoms with Gasteiger partial charge in [-0.25, -0.2) is 0 Å². The summed E-state index contributed by atoms with van der Waals surface area (Å²) in [5, 5.41) is 15.9. The number of nitro groups is 1. The van der Waals surface area contributed by atoms with Crippen molar-refractivity contribution in [2.24, 2.45) is 0 Å². The summed E-state index contributed by atoms with van der Waals surface area (Å²) in [6, 6.07) is 12.7. The number of aromatic nitrogens is 2. The van der Waals surface area contributed by atoms with Crippen LogP contribution in [0.4, 0.5) is 11.4 Å². The lowest BCUT2D eigenvalue weighted by Crippen LogP contribution is -2.49. The van der Waals surface area contributed by atoms with Crippen molar-refractivity contribution in [3.63, 3.8) is 0 Å². The highest BCUT2D eigenvalue weighted by Gasteiger charge is 2.30. The SMILES string of the molecule is Cc1ccc(-c2noc(C(C)N3CCN(C(=O)c4ccc(N5CCCC5)c([N+](=O)[O-])c4)CC3)n2)cc1. The minimum absolute atomic E-state index is 0.00390. The van der Waals surface area contributed by atoms with Gasteiger partial charge in [-0.15, -0.1) is 0 Å². The van der Waals surface area contributed by atoms with Gasteiger partial charge in [0.25, 0.3) is 11.6 Å². The summed E-state index contributed by atoms with van der Waals surface area (Å²) in [5.74, 6) is 0.918. The van der Waals surface area contributed by atoms with Crippen LogP contribution in [0.1, 0.15) is 47.6 Å². The van der Waals surface area contributed by atoms with Crippen molar-refractivity contribution in [3.05, 3.63) is 69.6 Å². The number of hydrogen-bond acceptors (Lipinski definition) is 8. The molecule has 0 radical (unpaired) electrons. The molecule has 10 nitrogen and oxygen atoms in total. The molecule has 188 valence electrons. The Hall–Kier alpha value is -3.79. The van der Waals surface area contributed by atoms with Gasteiger partial charge in [0.05, 0.1) is 11.0 Å². The quantitative estimate of drug-likeness (QED) is 0.376. The average Bonchev–Trinajstić information content (AvgIpc) is 3.61. The molecule has 2 aliphatic heterocycles. The van der Waals surface area contributed by atoms with E-state index >= 15 is 0 Å². The van der Waals surface area contributed by atoms with E-state index in [0.717, 1.165) is 31.5 Å². The van der Waals surface area contributed by atoms with Gasteiger partial charge in [0.15, 0.2) is 0 Å². The van der Waals surface area contributed by atoms with Crippen molar-refractivity contribution in [1.29, 1.82) is 0 Å². The Labute approximate surface area is 209 Å². The molecule has 0 bridgehead atoms. The second kappa shape index (κ2) is 10.1. The number of nitrogens with zero attached hydrogens (tertiary/aromatic N) is 6. The van der Waals surface area contributed by atoms with E-state index in [9.17, 15) is 14.9 Å². The molecular formula is C26H30N6O4. The van der Waals surface area contributed by atoms with Crippen molar-refractivity contribution in [3.8, 4) is 11.4 Å². The molecule has 1 unspecified atom stereocenters. The minimum atomic E-state index is -0.390. The van der Waals surface area contributed by atoms with E-state index in [-0.39, 0.29) is 22.6 Å². The van der Waals surface area contributed by atoms with E-state index in [0.29, 0.717) is 49.1 Å². The Kier molecular flexibility index (Phi) is 6.69. The molecule has 1 amide bonds. The fourth-order valence-corrected chi connectivity index (χ4v) is 4.90. The molecular weight excluding hydrogens is 460 g/mol. The summed E-state index contributed by atoms with van der Waals surface area (Å²) < 4.78 is 5.55. The molecule has 0 spiro atoms. The van der Waals surface area contributed by atoms with Crippen LogP contribution < -0.4 is 4.90 Å². The number of anilines is 1. The lowest BCUT2D eigenvalue weighted by molar-refractivity contribution is -0.384. The Bertz CT molecular complexity index is 1240. The van der Waals surface area contributed by atoms with Crippen molar-refractivity contribution < 1.29 is 14.2 Å². The fraction of sp³-hybridized carbons (Fsp3) is 0.423. The van der Waals surface area contributed by atoms with Gasteiger partial charge < -0.3 is 14.3 Å². The van der Waals surface area contributed by atoms with Crippen LogP contribution in [0, 0.1) is 17.0 Å². The molecule has 0 N–H and O–H groups in total. The molecule has 1 aromatic heterocycles. The summed E-state index contributed by atoms with van der Waals surface area (Å²) in [6.45, 7) is 7.98. The van der Waals surface area contributed by atoms with Crippen LogP contribution in [-0.2, 0) is 0 Å². The molecule has 2 saturated heterocycles. The molecule has 1 atom stereocenters. The Balaban J connectivity index is 1.23. The van der Waals surface area contributed by atoms with Crippen molar-refractivity contribution in [2.75, 3.05) is 44.2 Å². The highest BCUT2D eigenvalue weighted by Crippen LogP contribution is 2.32. The van der Waals surface area contributed by atoms with Gasteiger partial charge in [-0.1, -0.05) is 35.0 Å². The number of amides is 1. The average molecular weight is 491 g/mol. The molecule has 3 heterocycles. The van der Waals surface area contributed by atoms with Crippen LogP contribution in [-0.4, -0.2) is 70.0 Å². The second-order valence-corrected chi connectivity index (χ2v) is 9.48. The molecule has 2 fully saturated rings. The van der Waals surface area contributed by atoms with E-state index in [2.05, 4.69) is 15.0 Å². The topological polar surface area (TPSA) is 109 Å². The first-order chi connectivity index (χ1) is 17.4. The van der Waals surface area contributed by atoms with E-state index in [1.807, 2.05) is 43.0 Å². The maximum atomic E-state index is 13.2. The number of nitro benzene ring substituents is 1. The minimum Gasteiger partial charge on any atom is -0.366 e. The number of hydrogen-bond donors (Lipinski definition) is 0. The highest BCUT2D eigenvalue weighted by molar-refractivity contribution is 5.96. The van der Waals surface area contributed by atoms with Gasteiger partial charge in [-0.05, 0) is 38.8 Å². The smallest absolute Gasteiger partial charge is 0.293 e. The molecule has 0 aliphatic carbocycles. The zero-order valence-electron chi connectivity index (χ0n) is 20.6. The third kappa shape index (κ3) is 4.81. The maximum Gasteiger partial charge on any atom is 0.293 e. The summed E-state index contributed by atoms with van der Waals surface area (Å²) in [7, 11) is 0. The lowest BCUT2D eigenvalue weighted by atomic mass is 10.1. The van der Waals surface area contributed by atoms with Crippen LogP contribution in [0.5, 0.6) is 0 Å². The fourth-order valence-electron chi connectivity index (χ4n) is 4.90. The molecule has 5 rings (SSSR count). The third-order valence-electron chi connectivity index (χ3n) is 7.12. The summed E-state index contributed by atoms with van der Waals surface area (Å²) >= 11 is 0. The van der Waals surface area contributed by atoms with Crippen molar-refractivity contribution >= 4 is 17.3 Å². The summed E-state index contributed by atoms with van der Waals surface area (Å²) in [6.07, 6.45) is 2.05. The van der Waals surface area contributed by atoms with Gasteiger partial charge in [-0.2, -0.15) is 4.98 Å². The van der Waals surface area contributed by atoms with Gasteiger partial charge in [0, 0.05) is 56.5 Å². The van der Waals surface area contributed by atoms with Crippen molar-refractivity contribution in [2.45, 2.75) is 32.7 Å². The predicted octanol–water partition coefficient (Wildman–Crippen LogP) is 4.07. The predicted molar refractivity (Wildman–Crippen MR) is 135 cm³/mol. The van der Waals surface area contributed by atoms with E-state index < -0.39 is 0 Å².